The van der Waals surface area contributed by atoms with Gasteiger partial charge in [-0.3, -0.25) is 4.79 Å². The Morgan fingerprint density at radius 1 is 1.12 bits per heavy atom. The number of anilines is 1. The van der Waals surface area contributed by atoms with Crippen molar-refractivity contribution in [1.82, 2.24) is 0 Å². The lowest BCUT2D eigenvalue weighted by atomic mass is 10.0. The number of benzene rings is 2. The van der Waals surface area contributed by atoms with Gasteiger partial charge in [0.1, 0.15) is 0 Å². The maximum Gasteiger partial charge on any atom is 0.196 e. The monoisotopic (exact) mass is 309 g/mol. The molecule has 0 spiro atoms. The molecule has 0 bridgehead atoms. The summed E-state index contributed by atoms with van der Waals surface area (Å²) in [7, 11) is 0. The van der Waals surface area contributed by atoms with E-state index in [-0.39, 0.29) is 5.78 Å². The summed E-state index contributed by atoms with van der Waals surface area (Å²) in [5, 5.41) is 0.430. The summed E-state index contributed by atoms with van der Waals surface area (Å²) >= 11 is 9.28. The molecule has 0 fully saturated rings. The number of hydrogen-bond donors (Lipinski definition) is 1. The van der Waals surface area contributed by atoms with Crippen LogP contribution in [0.15, 0.2) is 46.9 Å². The maximum absolute atomic E-state index is 12.2. The van der Waals surface area contributed by atoms with E-state index in [0.29, 0.717) is 21.8 Å². The Labute approximate surface area is 113 Å². The van der Waals surface area contributed by atoms with Gasteiger partial charge in [0.25, 0.3) is 0 Å². The Kier molecular flexibility index (Phi) is 3.50. The Morgan fingerprint density at radius 3 is 2.47 bits per heavy atom. The third-order valence-corrected chi connectivity index (χ3v) is 3.20. The van der Waals surface area contributed by atoms with Gasteiger partial charge in [0.15, 0.2) is 5.78 Å². The van der Waals surface area contributed by atoms with Crippen LogP contribution in [0.5, 0.6) is 0 Å². The Morgan fingerprint density at radius 2 is 1.82 bits per heavy atom. The zero-order valence-corrected chi connectivity index (χ0v) is 11.1. The highest BCUT2D eigenvalue weighted by Crippen LogP contribution is 2.24. The zero-order chi connectivity index (χ0) is 12.4. The summed E-state index contributed by atoms with van der Waals surface area (Å²) in [5.74, 6) is -0.166. The number of ketones is 1. The van der Waals surface area contributed by atoms with E-state index >= 15 is 0 Å². The van der Waals surface area contributed by atoms with Crippen LogP contribution in [0.4, 0.5) is 5.69 Å². The zero-order valence-electron chi connectivity index (χ0n) is 8.78. The topological polar surface area (TPSA) is 43.1 Å². The predicted octanol–water partition coefficient (Wildman–Crippen LogP) is 3.92. The normalized spacial score (nSPS) is 10.2. The lowest BCUT2D eigenvalue weighted by Crippen LogP contribution is -2.05. The van der Waals surface area contributed by atoms with E-state index < -0.39 is 0 Å². The SMILES string of the molecule is Nc1cc(Br)ccc1C(=O)c1ccccc1Cl. The van der Waals surface area contributed by atoms with Gasteiger partial charge in [-0.15, -0.1) is 0 Å². The minimum absolute atomic E-state index is 0.166. The molecule has 2 aromatic rings. The van der Waals surface area contributed by atoms with Gasteiger partial charge in [-0.2, -0.15) is 0 Å². The van der Waals surface area contributed by atoms with E-state index in [0.717, 1.165) is 4.47 Å². The first-order valence-electron chi connectivity index (χ1n) is 4.94. The van der Waals surface area contributed by atoms with Gasteiger partial charge in [0.05, 0.1) is 5.02 Å². The molecule has 0 aromatic heterocycles. The molecule has 0 amide bonds. The van der Waals surface area contributed by atoms with Crippen LogP contribution in [0.1, 0.15) is 15.9 Å². The number of hydrogen-bond acceptors (Lipinski definition) is 2. The summed E-state index contributed by atoms with van der Waals surface area (Å²) in [6.07, 6.45) is 0. The van der Waals surface area contributed by atoms with E-state index in [9.17, 15) is 4.79 Å². The fourth-order valence-corrected chi connectivity index (χ4v) is 2.13. The molecule has 0 aliphatic carbocycles. The van der Waals surface area contributed by atoms with E-state index in [2.05, 4.69) is 15.9 Å². The van der Waals surface area contributed by atoms with Crippen molar-refractivity contribution in [3.8, 4) is 0 Å². The quantitative estimate of drug-likeness (QED) is 0.675. The molecular formula is C13H9BrClNO. The first kappa shape index (κ1) is 12.1. The largest absolute Gasteiger partial charge is 0.398 e. The first-order valence-corrected chi connectivity index (χ1v) is 6.11. The van der Waals surface area contributed by atoms with Crippen LogP contribution in [-0.2, 0) is 0 Å². The molecule has 0 aliphatic rings. The van der Waals surface area contributed by atoms with E-state index in [1.165, 1.54) is 0 Å². The maximum atomic E-state index is 12.2. The van der Waals surface area contributed by atoms with Crippen LogP contribution in [0.2, 0.25) is 5.02 Å². The van der Waals surface area contributed by atoms with Crippen molar-refractivity contribution in [3.05, 3.63) is 63.1 Å². The number of nitrogens with two attached hydrogens (primary N) is 1. The molecule has 4 heteroatoms. The van der Waals surface area contributed by atoms with Gasteiger partial charge in [0, 0.05) is 21.3 Å². The van der Waals surface area contributed by atoms with Crippen molar-refractivity contribution >= 4 is 39.0 Å². The highest BCUT2D eigenvalue weighted by molar-refractivity contribution is 9.10. The van der Waals surface area contributed by atoms with Crippen LogP contribution in [0.3, 0.4) is 0 Å². The Bertz CT molecular complexity index is 583. The van der Waals surface area contributed by atoms with Crippen LogP contribution >= 0.6 is 27.5 Å². The first-order chi connectivity index (χ1) is 8.09. The van der Waals surface area contributed by atoms with Gasteiger partial charge in [-0.05, 0) is 30.3 Å². The van der Waals surface area contributed by atoms with Crippen molar-refractivity contribution < 1.29 is 4.79 Å². The van der Waals surface area contributed by atoms with Crippen LogP contribution in [0, 0.1) is 0 Å². The molecule has 0 heterocycles. The average Bonchev–Trinajstić information content (AvgIpc) is 2.29. The minimum Gasteiger partial charge on any atom is -0.398 e. The van der Waals surface area contributed by atoms with Gasteiger partial charge < -0.3 is 5.73 Å². The number of carbonyl (C=O) groups is 1. The molecule has 0 saturated carbocycles. The highest BCUT2D eigenvalue weighted by atomic mass is 79.9. The van der Waals surface area contributed by atoms with Gasteiger partial charge >= 0.3 is 0 Å². The van der Waals surface area contributed by atoms with Crippen LogP contribution in [0.25, 0.3) is 0 Å². The number of nitrogen functional groups attached to an aromatic ring is 1. The number of halogens is 2. The van der Waals surface area contributed by atoms with Crippen LogP contribution < -0.4 is 5.73 Å². The standard InChI is InChI=1S/C13H9BrClNO/c14-8-5-6-10(12(16)7-8)13(17)9-3-1-2-4-11(9)15/h1-7H,16H2. The molecular weight excluding hydrogens is 302 g/mol. The molecule has 2 nitrogen and oxygen atoms in total. The predicted molar refractivity (Wildman–Crippen MR) is 73.4 cm³/mol. The summed E-state index contributed by atoms with van der Waals surface area (Å²) in [5.41, 5.74) is 7.17. The molecule has 2 N–H and O–H groups in total. The van der Waals surface area contributed by atoms with Gasteiger partial charge in [0.2, 0.25) is 0 Å². The lowest BCUT2D eigenvalue weighted by Gasteiger charge is -2.06. The molecule has 17 heavy (non-hydrogen) atoms. The molecule has 0 unspecified atom stereocenters. The lowest BCUT2D eigenvalue weighted by molar-refractivity contribution is 0.103. The minimum atomic E-state index is -0.166. The second-order valence-electron chi connectivity index (χ2n) is 3.54. The van der Waals surface area contributed by atoms with Gasteiger partial charge in [-0.25, -0.2) is 0 Å². The summed E-state index contributed by atoms with van der Waals surface area (Å²) in [6.45, 7) is 0. The number of rotatable bonds is 2. The van der Waals surface area contributed by atoms with E-state index in [1.807, 2.05) is 0 Å². The van der Waals surface area contributed by atoms with Crippen molar-refractivity contribution in [3.63, 3.8) is 0 Å². The summed E-state index contributed by atoms with van der Waals surface area (Å²) in [6, 6.07) is 12.1. The molecule has 2 aromatic carbocycles. The second kappa shape index (κ2) is 4.90. The third-order valence-electron chi connectivity index (χ3n) is 2.38. The third kappa shape index (κ3) is 2.51. The molecule has 2 rings (SSSR count). The smallest absolute Gasteiger partial charge is 0.196 e. The van der Waals surface area contributed by atoms with Gasteiger partial charge in [-0.1, -0.05) is 39.7 Å². The Hall–Kier alpha value is -1.32. The fourth-order valence-electron chi connectivity index (χ4n) is 1.53. The average molecular weight is 311 g/mol. The van der Waals surface area contributed by atoms with E-state index in [1.54, 1.807) is 42.5 Å². The molecule has 0 radical (unpaired) electrons. The Balaban J connectivity index is 2.48. The summed E-state index contributed by atoms with van der Waals surface area (Å²) in [4.78, 5) is 12.2. The molecule has 0 atom stereocenters. The molecule has 0 aliphatic heterocycles. The molecule has 0 saturated heterocycles. The van der Waals surface area contributed by atoms with Crippen molar-refractivity contribution in [1.29, 1.82) is 0 Å². The molecule has 86 valence electrons. The van der Waals surface area contributed by atoms with Crippen molar-refractivity contribution in [2.24, 2.45) is 0 Å². The fraction of sp³-hybridized carbons (Fsp3) is 0. The summed E-state index contributed by atoms with van der Waals surface area (Å²) < 4.78 is 0.839. The van der Waals surface area contributed by atoms with Crippen molar-refractivity contribution in [2.45, 2.75) is 0 Å². The van der Waals surface area contributed by atoms with Crippen molar-refractivity contribution in [2.75, 3.05) is 5.73 Å². The highest BCUT2D eigenvalue weighted by Gasteiger charge is 2.14. The van der Waals surface area contributed by atoms with Crippen LogP contribution in [-0.4, -0.2) is 5.78 Å². The second-order valence-corrected chi connectivity index (χ2v) is 4.86. The van der Waals surface area contributed by atoms with E-state index in [4.69, 9.17) is 17.3 Å². The number of carbonyl (C=O) groups excluding carboxylic acids is 1.